The van der Waals surface area contributed by atoms with Crippen molar-refractivity contribution in [3.63, 3.8) is 0 Å². The van der Waals surface area contributed by atoms with E-state index in [1.165, 1.54) is 0 Å². The predicted octanol–water partition coefficient (Wildman–Crippen LogP) is 3.40. The number of amidine groups is 1. The molecule has 0 spiro atoms. The summed E-state index contributed by atoms with van der Waals surface area (Å²) < 4.78 is 5.22. The molecule has 0 unspecified atom stereocenters. The number of nitrogens with zero attached hydrogens (tertiary/aromatic N) is 1. The summed E-state index contributed by atoms with van der Waals surface area (Å²) in [5.41, 5.74) is 7.69. The molecule has 0 saturated heterocycles. The quantitative estimate of drug-likeness (QED) is 0.668. The average molecular weight is 251 g/mol. The minimum absolute atomic E-state index is 0.438. The molecule has 0 aromatic heterocycles. The molecule has 2 aromatic rings. The molecule has 0 fully saturated rings. The minimum atomic E-state index is 0.438. The maximum absolute atomic E-state index is 5.88. The van der Waals surface area contributed by atoms with Crippen LogP contribution in [-0.2, 0) is 0 Å². The van der Waals surface area contributed by atoms with Gasteiger partial charge in [-0.25, -0.2) is 4.99 Å². The zero-order valence-electron chi connectivity index (χ0n) is 10.8. The van der Waals surface area contributed by atoms with Crippen LogP contribution in [0.5, 0.6) is 5.75 Å². The second kappa shape index (κ2) is 6.40. The number of aliphatic imine (C=N–C) groups is 1. The number of para-hydroxylation sites is 2. The smallest absolute Gasteiger partial charge is 0.144 e. The molecule has 0 amide bonds. The number of rotatable bonds is 4. The van der Waals surface area contributed by atoms with Crippen LogP contribution in [0.1, 0.15) is 5.56 Å². The van der Waals surface area contributed by atoms with Crippen molar-refractivity contribution in [2.24, 2.45) is 10.7 Å². The largest absolute Gasteiger partial charge is 0.494 e. The molecule has 2 aromatic carbocycles. The normalized spacial score (nSPS) is 11.7. The molecule has 3 heteroatoms. The van der Waals surface area contributed by atoms with E-state index in [1.807, 2.05) is 60.7 Å². The third-order valence-corrected chi connectivity index (χ3v) is 2.58. The van der Waals surface area contributed by atoms with Gasteiger partial charge in [0.2, 0.25) is 0 Å². The van der Waals surface area contributed by atoms with E-state index in [0.29, 0.717) is 11.6 Å². The summed E-state index contributed by atoms with van der Waals surface area (Å²) in [5.74, 6) is 1.15. The highest BCUT2D eigenvalue weighted by Gasteiger charge is 1.99. The van der Waals surface area contributed by atoms with Crippen LogP contribution in [0.15, 0.2) is 65.7 Å². The maximum atomic E-state index is 5.88. The van der Waals surface area contributed by atoms with Gasteiger partial charge in [0.15, 0.2) is 0 Å². The molecule has 2 N–H and O–H groups in total. The summed E-state index contributed by atoms with van der Waals surface area (Å²) in [6.07, 6.45) is 3.70. The molecule has 0 atom stereocenters. The number of nitrogens with two attached hydrogens (primary N) is 1. The highest BCUT2D eigenvalue weighted by molar-refractivity contribution is 5.97. The highest BCUT2D eigenvalue weighted by Crippen LogP contribution is 2.26. The molecule has 0 radical (unpaired) electrons. The highest BCUT2D eigenvalue weighted by atomic mass is 16.4. The third kappa shape index (κ3) is 3.71. The van der Waals surface area contributed by atoms with Gasteiger partial charge in [-0.05, 0) is 23.8 Å². The van der Waals surface area contributed by atoms with Crippen LogP contribution >= 0.6 is 0 Å². The summed E-state index contributed by atoms with van der Waals surface area (Å²) >= 11 is 0. The summed E-state index contributed by atoms with van der Waals surface area (Å²) in [6.45, 7) is 0. The molecule has 3 nitrogen and oxygen atoms in total. The monoisotopic (exact) mass is 251 g/mol. The summed E-state index contributed by atoms with van der Waals surface area (Å²) in [5, 5.41) is 0. The Morgan fingerprint density at radius 1 is 1.05 bits per heavy atom. The molecule has 0 aliphatic rings. The Kier molecular flexibility index (Phi) is 4.34. The number of hydrogen-bond acceptors (Lipinski definition) is 2. The van der Waals surface area contributed by atoms with Gasteiger partial charge in [0.25, 0.3) is 0 Å². The molecule has 19 heavy (non-hydrogen) atoms. The fourth-order valence-electron chi connectivity index (χ4n) is 1.64. The van der Waals surface area contributed by atoms with Crippen LogP contribution in [0.2, 0.25) is 0 Å². The lowest BCUT2D eigenvalue weighted by Crippen LogP contribution is -2.06. The first-order valence-electron chi connectivity index (χ1n) is 6.00. The van der Waals surface area contributed by atoms with E-state index in [1.54, 1.807) is 13.2 Å². The Hall–Kier alpha value is -2.55. The lowest BCUT2D eigenvalue weighted by atomic mass is 10.2. The summed E-state index contributed by atoms with van der Waals surface area (Å²) in [6, 6.07) is 17.5. The number of hydrogen-bond donors (Lipinski definition) is 1. The van der Waals surface area contributed by atoms with E-state index in [2.05, 4.69) is 4.99 Å². The van der Waals surface area contributed by atoms with Crippen LogP contribution < -0.4 is 10.5 Å². The third-order valence-electron chi connectivity index (χ3n) is 2.58. The number of methoxy groups -OCH3 is 1. The van der Waals surface area contributed by atoms with Gasteiger partial charge in [-0.1, -0.05) is 48.5 Å². The van der Waals surface area contributed by atoms with Crippen LogP contribution in [0.3, 0.4) is 0 Å². The molecule has 0 aliphatic carbocycles. The second-order valence-electron chi connectivity index (χ2n) is 3.95. The molecule has 0 saturated carbocycles. The van der Waals surface area contributed by atoms with Crippen LogP contribution in [0.25, 0.3) is 6.08 Å². The fourth-order valence-corrected chi connectivity index (χ4v) is 1.64. The fraction of sp³-hybridized carbons (Fsp3) is 0.0625. The van der Waals surface area contributed by atoms with Crippen molar-refractivity contribution >= 4 is 17.6 Å². The van der Waals surface area contributed by atoms with Gasteiger partial charge in [0, 0.05) is 0 Å². The molecule has 0 aliphatic heterocycles. The Labute approximate surface area is 113 Å². The van der Waals surface area contributed by atoms with Crippen molar-refractivity contribution in [3.05, 3.63) is 66.2 Å². The maximum Gasteiger partial charge on any atom is 0.144 e. The Bertz CT molecular complexity index is 589. The minimum Gasteiger partial charge on any atom is -0.494 e. The van der Waals surface area contributed by atoms with Crippen LogP contribution in [0.4, 0.5) is 5.69 Å². The van der Waals surface area contributed by atoms with Gasteiger partial charge in [0.05, 0.1) is 7.11 Å². The molecular weight excluding hydrogens is 235 g/mol. The van der Waals surface area contributed by atoms with Gasteiger partial charge in [-0.15, -0.1) is 0 Å². The zero-order valence-corrected chi connectivity index (χ0v) is 10.8. The lowest BCUT2D eigenvalue weighted by molar-refractivity contribution is 0.416. The van der Waals surface area contributed by atoms with E-state index in [9.17, 15) is 0 Å². The molecule has 0 heterocycles. The van der Waals surface area contributed by atoms with E-state index >= 15 is 0 Å². The zero-order chi connectivity index (χ0) is 13.5. The van der Waals surface area contributed by atoms with Gasteiger partial charge in [0.1, 0.15) is 17.3 Å². The van der Waals surface area contributed by atoms with Crippen molar-refractivity contribution < 1.29 is 4.74 Å². The van der Waals surface area contributed by atoms with E-state index in [4.69, 9.17) is 10.5 Å². The Balaban J connectivity index is 2.17. The molecule has 0 bridgehead atoms. The van der Waals surface area contributed by atoms with Crippen molar-refractivity contribution in [2.45, 2.75) is 0 Å². The summed E-state index contributed by atoms with van der Waals surface area (Å²) in [4.78, 5) is 4.33. The van der Waals surface area contributed by atoms with E-state index in [0.717, 1.165) is 11.3 Å². The topological polar surface area (TPSA) is 47.6 Å². The first-order chi connectivity index (χ1) is 9.29. The lowest BCUT2D eigenvalue weighted by Gasteiger charge is -2.03. The predicted molar refractivity (Wildman–Crippen MR) is 79.8 cm³/mol. The van der Waals surface area contributed by atoms with Gasteiger partial charge in [-0.3, -0.25) is 0 Å². The van der Waals surface area contributed by atoms with Crippen LogP contribution in [0, 0.1) is 0 Å². The Morgan fingerprint density at radius 3 is 2.47 bits per heavy atom. The van der Waals surface area contributed by atoms with Gasteiger partial charge >= 0.3 is 0 Å². The first-order valence-corrected chi connectivity index (χ1v) is 6.00. The van der Waals surface area contributed by atoms with Crippen molar-refractivity contribution in [2.75, 3.05) is 7.11 Å². The summed E-state index contributed by atoms with van der Waals surface area (Å²) in [7, 11) is 1.62. The second-order valence-corrected chi connectivity index (χ2v) is 3.95. The number of benzene rings is 2. The standard InChI is InChI=1S/C16H16N2O/c1-19-15-10-6-5-9-14(15)18-16(17)12-11-13-7-3-2-4-8-13/h2-12H,1H3,(H2,17,18)/b12-11+/i1-1. The van der Waals surface area contributed by atoms with Gasteiger partial charge in [-0.2, -0.15) is 0 Å². The van der Waals surface area contributed by atoms with Crippen molar-refractivity contribution in [3.8, 4) is 5.75 Å². The number of ether oxygens (including phenoxy) is 1. The van der Waals surface area contributed by atoms with E-state index in [-0.39, 0.29) is 0 Å². The Morgan fingerprint density at radius 2 is 1.74 bits per heavy atom. The molecular formula is C16H16N2O. The van der Waals surface area contributed by atoms with Crippen molar-refractivity contribution in [1.82, 2.24) is 0 Å². The van der Waals surface area contributed by atoms with E-state index < -0.39 is 0 Å². The molecule has 96 valence electrons. The first kappa shape index (κ1) is 12.9. The van der Waals surface area contributed by atoms with Crippen molar-refractivity contribution in [1.29, 1.82) is 0 Å². The van der Waals surface area contributed by atoms with Gasteiger partial charge < -0.3 is 10.5 Å². The van der Waals surface area contributed by atoms with Crippen LogP contribution in [-0.4, -0.2) is 12.9 Å². The average Bonchev–Trinajstić information content (AvgIpc) is 2.47. The molecule has 2 rings (SSSR count). The SMILES string of the molecule is [11CH3]Oc1ccccc1N=C(N)/C=C/c1ccccc1.